The molecule has 0 fully saturated rings. The molecular weight excluding hydrogens is 238 g/mol. The van der Waals surface area contributed by atoms with Gasteiger partial charge in [-0.1, -0.05) is 57.6 Å². The first-order valence-corrected chi connectivity index (χ1v) is 7.64. The number of hydrogen-bond acceptors (Lipinski definition) is 2. The summed E-state index contributed by atoms with van der Waals surface area (Å²) in [5.74, 6) is -0.666. The van der Waals surface area contributed by atoms with E-state index in [1.807, 2.05) is 0 Å². The Hall–Kier alpha value is -0.830. The molecule has 0 aromatic heterocycles. The number of hydrogen-bond donors (Lipinski definition) is 2. The average Bonchev–Trinajstić information content (AvgIpc) is 2.34. The van der Waals surface area contributed by atoms with E-state index in [0.29, 0.717) is 6.42 Å². The SMILES string of the molecule is CCCCCCC=CCCCCCCCC(=O)O.N. The van der Waals surface area contributed by atoms with Crippen LogP contribution in [0.3, 0.4) is 0 Å². The molecule has 0 unspecified atom stereocenters. The summed E-state index contributed by atoms with van der Waals surface area (Å²) >= 11 is 0. The Morgan fingerprint density at radius 3 is 1.84 bits per heavy atom. The molecule has 0 aliphatic rings. The Labute approximate surface area is 119 Å². The third-order valence-corrected chi connectivity index (χ3v) is 3.15. The molecule has 0 spiro atoms. The third kappa shape index (κ3) is 19.7. The Kier molecular flexibility index (Phi) is 18.5. The Bertz CT molecular complexity index is 215. The highest BCUT2D eigenvalue weighted by Crippen LogP contribution is 2.08. The Morgan fingerprint density at radius 1 is 0.842 bits per heavy atom. The van der Waals surface area contributed by atoms with Gasteiger partial charge in [-0.2, -0.15) is 0 Å². The van der Waals surface area contributed by atoms with E-state index in [1.54, 1.807) is 0 Å². The van der Waals surface area contributed by atoms with Gasteiger partial charge in [0.1, 0.15) is 0 Å². The molecule has 4 N–H and O–H groups in total. The lowest BCUT2D eigenvalue weighted by molar-refractivity contribution is -0.137. The van der Waals surface area contributed by atoms with Gasteiger partial charge in [0.25, 0.3) is 0 Å². The highest BCUT2D eigenvalue weighted by atomic mass is 16.4. The summed E-state index contributed by atoms with van der Waals surface area (Å²) in [6.45, 7) is 2.24. The van der Waals surface area contributed by atoms with E-state index in [9.17, 15) is 4.79 Å². The fourth-order valence-corrected chi connectivity index (χ4v) is 1.99. The summed E-state index contributed by atoms with van der Waals surface area (Å²) < 4.78 is 0. The van der Waals surface area contributed by atoms with E-state index in [4.69, 9.17) is 5.11 Å². The lowest BCUT2D eigenvalue weighted by Gasteiger charge is -1.98. The molecule has 0 atom stereocenters. The predicted octanol–water partition coefficient (Wildman–Crippen LogP) is 5.49. The molecule has 0 bridgehead atoms. The van der Waals surface area contributed by atoms with Gasteiger partial charge < -0.3 is 11.3 Å². The minimum atomic E-state index is -0.666. The van der Waals surface area contributed by atoms with Crippen LogP contribution in [0.5, 0.6) is 0 Å². The summed E-state index contributed by atoms with van der Waals surface area (Å²) in [5, 5.41) is 8.48. The molecule has 0 amide bonds. The van der Waals surface area contributed by atoms with Crippen LogP contribution < -0.4 is 6.15 Å². The molecule has 0 saturated carbocycles. The highest BCUT2D eigenvalue weighted by molar-refractivity contribution is 5.66. The second-order valence-electron chi connectivity index (χ2n) is 5.02. The van der Waals surface area contributed by atoms with Crippen LogP contribution in [-0.4, -0.2) is 11.1 Å². The standard InChI is InChI=1S/C16H30O2.H3N/c1-2-3-4-5-6-7-8-9-10-11-12-13-14-15-16(17)18;/h7-8H,2-6,9-15H2,1H3,(H,17,18);1H3. The predicted molar refractivity (Wildman–Crippen MR) is 82.9 cm³/mol. The quantitative estimate of drug-likeness (QED) is 0.343. The summed E-state index contributed by atoms with van der Waals surface area (Å²) in [7, 11) is 0. The van der Waals surface area contributed by atoms with Crippen molar-refractivity contribution in [2.24, 2.45) is 0 Å². The van der Waals surface area contributed by atoms with E-state index in [1.165, 1.54) is 57.8 Å². The van der Waals surface area contributed by atoms with Crippen molar-refractivity contribution < 1.29 is 9.90 Å². The van der Waals surface area contributed by atoms with Crippen LogP contribution in [0.15, 0.2) is 12.2 Å². The normalized spacial score (nSPS) is 10.6. The third-order valence-electron chi connectivity index (χ3n) is 3.15. The Balaban J connectivity index is 0. The second kappa shape index (κ2) is 17.2. The maximum Gasteiger partial charge on any atom is 0.303 e. The first-order chi connectivity index (χ1) is 8.77. The summed E-state index contributed by atoms with van der Waals surface area (Å²) in [5.41, 5.74) is 0. The molecule has 0 aromatic rings. The molecule has 114 valence electrons. The fourth-order valence-electron chi connectivity index (χ4n) is 1.99. The van der Waals surface area contributed by atoms with Crippen LogP contribution in [0, 0.1) is 0 Å². The largest absolute Gasteiger partial charge is 0.481 e. The number of carboxylic acids is 1. The lowest BCUT2D eigenvalue weighted by atomic mass is 10.1. The second-order valence-corrected chi connectivity index (χ2v) is 5.02. The first kappa shape index (κ1) is 20.5. The minimum absolute atomic E-state index is 0. The van der Waals surface area contributed by atoms with Gasteiger partial charge in [0.2, 0.25) is 0 Å². The van der Waals surface area contributed by atoms with Crippen molar-refractivity contribution in [1.29, 1.82) is 0 Å². The van der Waals surface area contributed by atoms with Gasteiger partial charge in [-0.05, 0) is 32.1 Å². The molecule has 19 heavy (non-hydrogen) atoms. The van der Waals surface area contributed by atoms with Crippen LogP contribution in [0.2, 0.25) is 0 Å². The highest BCUT2D eigenvalue weighted by Gasteiger charge is 1.95. The van der Waals surface area contributed by atoms with Gasteiger partial charge in [-0.15, -0.1) is 0 Å². The molecule has 0 heterocycles. The molecule has 3 heteroatoms. The number of rotatable bonds is 13. The molecule has 0 rings (SSSR count). The summed E-state index contributed by atoms with van der Waals surface area (Å²) in [4.78, 5) is 10.3. The lowest BCUT2D eigenvalue weighted by Crippen LogP contribution is -1.93. The fraction of sp³-hybridized carbons (Fsp3) is 0.812. The van der Waals surface area contributed by atoms with Crippen molar-refractivity contribution in [1.82, 2.24) is 6.15 Å². The van der Waals surface area contributed by atoms with Crippen LogP contribution in [0.4, 0.5) is 0 Å². The number of carboxylic acid groups (broad SMARTS) is 1. The van der Waals surface area contributed by atoms with Gasteiger partial charge in [-0.25, -0.2) is 0 Å². The van der Waals surface area contributed by atoms with E-state index >= 15 is 0 Å². The maximum absolute atomic E-state index is 10.3. The molecule has 3 nitrogen and oxygen atoms in total. The summed E-state index contributed by atoms with van der Waals surface area (Å²) in [6, 6.07) is 0. The van der Waals surface area contributed by atoms with Crippen molar-refractivity contribution >= 4 is 5.97 Å². The zero-order valence-corrected chi connectivity index (χ0v) is 12.7. The molecule has 0 aromatic carbocycles. The summed E-state index contributed by atoms with van der Waals surface area (Å²) in [6.07, 6.45) is 18.3. The Morgan fingerprint density at radius 2 is 1.32 bits per heavy atom. The zero-order chi connectivity index (χ0) is 13.5. The molecule has 0 radical (unpaired) electrons. The minimum Gasteiger partial charge on any atom is -0.481 e. The molecule has 0 aliphatic carbocycles. The van der Waals surface area contributed by atoms with Crippen LogP contribution in [-0.2, 0) is 4.79 Å². The van der Waals surface area contributed by atoms with Crippen molar-refractivity contribution in [3.05, 3.63) is 12.2 Å². The topological polar surface area (TPSA) is 72.3 Å². The van der Waals surface area contributed by atoms with E-state index in [0.717, 1.165) is 12.8 Å². The molecule has 0 aliphatic heterocycles. The van der Waals surface area contributed by atoms with Crippen molar-refractivity contribution in [2.75, 3.05) is 0 Å². The first-order valence-electron chi connectivity index (χ1n) is 7.64. The van der Waals surface area contributed by atoms with E-state index in [-0.39, 0.29) is 6.15 Å². The number of unbranched alkanes of at least 4 members (excludes halogenated alkanes) is 9. The average molecular weight is 271 g/mol. The van der Waals surface area contributed by atoms with Gasteiger partial charge >= 0.3 is 5.97 Å². The maximum atomic E-state index is 10.3. The van der Waals surface area contributed by atoms with Gasteiger partial charge in [0.15, 0.2) is 0 Å². The van der Waals surface area contributed by atoms with Crippen LogP contribution in [0.25, 0.3) is 0 Å². The van der Waals surface area contributed by atoms with Crippen molar-refractivity contribution in [3.63, 3.8) is 0 Å². The number of aliphatic carboxylic acids is 1. The number of carbonyl (C=O) groups is 1. The molecular formula is C16H33NO2. The number of allylic oxidation sites excluding steroid dienone is 2. The zero-order valence-electron chi connectivity index (χ0n) is 12.7. The van der Waals surface area contributed by atoms with Gasteiger partial charge in [-0.3, -0.25) is 4.79 Å². The van der Waals surface area contributed by atoms with Gasteiger partial charge in [0.05, 0.1) is 0 Å². The van der Waals surface area contributed by atoms with E-state index < -0.39 is 5.97 Å². The molecule has 0 saturated heterocycles. The van der Waals surface area contributed by atoms with Crippen molar-refractivity contribution in [3.8, 4) is 0 Å². The van der Waals surface area contributed by atoms with Crippen LogP contribution in [0.1, 0.15) is 84.0 Å². The van der Waals surface area contributed by atoms with Crippen LogP contribution >= 0.6 is 0 Å². The smallest absolute Gasteiger partial charge is 0.303 e. The van der Waals surface area contributed by atoms with Crippen molar-refractivity contribution in [2.45, 2.75) is 84.0 Å². The van der Waals surface area contributed by atoms with Gasteiger partial charge in [0, 0.05) is 6.42 Å². The van der Waals surface area contributed by atoms with E-state index in [2.05, 4.69) is 19.1 Å². The monoisotopic (exact) mass is 271 g/mol.